The number of hydrogen-bond donors (Lipinski definition) is 3. The van der Waals surface area contributed by atoms with Gasteiger partial charge in [0.1, 0.15) is 12.7 Å². The molecule has 374 valence electrons. The van der Waals surface area contributed by atoms with Crippen molar-refractivity contribution in [3.63, 3.8) is 0 Å². The summed E-state index contributed by atoms with van der Waals surface area (Å²) in [4.78, 5) is 34.0. The van der Waals surface area contributed by atoms with Gasteiger partial charge in [0.15, 0.2) is 0 Å². The molecule has 0 aromatic rings. The third kappa shape index (κ3) is 52.0. The van der Waals surface area contributed by atoms with E-state index < -0.39 is 26.5 Å². The summed E-state index contributed by atoms with van der Waals surface area (Å²) >= 11 is 0. The number of aliphatic hydroxyl groups is 1. The minimum atomic E-state index is -4.45. The van der Waals surface area contributed by atoms with Crippen molar-refractivity contribution in [1.29, 1.82) is 0 Å². The first-order valence-electron chi connectivity index (χ1n) is 26.1. The van der Waals surface area contributed by atoms with Gasteiger partial charge in [-0.05, 0) is 51.4 Å². The summed E-state index contributed by atoms with van der Waals surface area (Å²) in [5, 5.41) is 12.7. The number of unbranched alkanes of at least 4 members (excludes halogenated alkanes) is 22. The SMILES string of the molecule is CC/C=C\C/C=C\C/C=C\C/C=C\C/C=C\C/C=C\C/C=C\CC(=O)NCCOP(=O)(O)OCC(O)COC(=O)CCCCCCCCCCCCCCCCCCCCCCCCC. The molecule has 2 atom stereocenters. The fourth-order valence-corrected chi connectivity index (χ4v) is 7.75. The Bertz CT molecular complexity index is 1340. The Morgan fingerprint density at radius 1 is 0.492 bits per heavy atom. The van der Waals surface area contributed by atoms with Crippen LogP contribution in [-0.4, -0.2) is 54.3 Å². The minimum Gasteiger partial charge on any atom is -0.463 e. The van der Waals surface area contributed by atoms with Gasteiger partial charge in [-0.1, -0.05) is 240 Å². The molecule has 0 saturated heterocycles. The van der Waals surface area contributed by atoms with E-state index in [4.69, 9.17) is 13.8 Å². The predicted octanol–water partition coefficient (Wildman–Crippen LogP) is 15.6. The highest BCUT2D eigenvalue weighted by atomic mass is 31.2. The number of phosphoric acid groups is 1. The molecule has 0 aliphatic carbocycles. The molecule has 0 heterocycles. The van der Waals surface area contributed by atoms with Crippen molar-refractivity contribution >= 4 is 19.7 Å². The lowest BCUT2D eigenvalue weighted by Crippen LogP contribution is -2.26. The molecule has 2 unspecified atom stereocenters. The van der Waals surface area contributed by atoms with E-state index in [2.05, 4.69) is 86.0 Å². The van der Waals surface area contributed by atoms with E-state index in [-0.39, 0.29) is 38.5 Å². The van der Waals surface area contributed by atoms with Gasteiger partial charge < -0.3 is 20.1 Å². The quantitative estimate of drug-likeness (QED) is 0.0238. The zero-order chi connectivity index (χ0) is 47.4. The van der Waals surface area contributed by atoms with Crippen LogP contribution in [0.1, 0.15) is 219 Å². The minimum absolute atomic E-state index is 0.0213. The standard InChI is InChI=1S/C55H96NO8P/c1-3-5-7-9-11-13-15-17-19-21-23-25-26-28-30-32-34-36-38-40-42-44-46-48-55(59)62-51-53(57)52-64-65(60,61)63-50-49-56-54(58)47-45-43-41-39-37-35-33-31-29-27-24-22-20-18-16-14-12-10-8-6-4-2/h6,8,12,14,18,20,24,27,31,33,37,39,43,45,53,57H,3-5,7,9-11,13,15-17,19,21-23,25-26,28-30,32,34-36,38,40-42,44,46-52H2,1-2H3,(H,56,58)(H,60,61)/b8-6-,14-12-,20-18-,27-24-,33-31-,39-37-,45-43-. The number of esters is 1. The molecule has 9 nitrogen and oxygen atoms in total. The summed E-state index contributed by atoms with van der Waals surface area (Å²) in [5.41, 5.74) is 0. The number of aliphatic hydroxyl groups excluding tert-OH is 1. The average Bonchev–Trinajstić information content (AvgIpc) is 3.29. The number of allylic oxidation sites excluding steroid dienone is 13. The Morgan fingerprint density at radius 2 is 0.846 bits per heavy atom. The molecule has 0 fully saturated rings. The number of amides is 1. The summed E-state index contributed by atoms with van der Waals surface area (Å²) in [7, 11) is -4.45. The number of carbonyl (C=O) groups excluding carboxylic acids is 2. The maximum absolute atomic E-state index is 12.1. The number of carbonyl (C=O) groups is 2. The summed E-state index contributed by atoms with van der Waals surface area (Å²) in [6.45, 7) is 3.34. The van der Waals surface area contributed by atoms with Gasteiger partial charge in [0.25, 0.3) is 0 Å². The summed E-state index contributed by atoms with van der Waals surface area (Å²) < 4.78 is 26.9. The van der Waals surface area contributed by atoms with Gasteiger partial charge >= 0.3 is 13.8 Å². The molecule has 3 N–H and O–H groups in total. The normalized spacial score (nSPS) is 13.8. The predicted molar refractivity (Wildman–Crippen MR) is 275 cm³/mol. The largest absolute Gasteiger partial charge is 0.472 e. The molecule has 0 aliphatic rings. The van der Waals surface area contributed by atoms with E-state index in [1.807, 2.05) is 12.2 Å². The maximum atomic E-state index is 12.1. The monoisotopic (exact) mass is 930 g/mol. The van der Waals surface area contributed by atoms with Crippen LogP contribution in [0.2, 0.25) is 0 Å². The number of rotatable bonds is 48. The maximum Gasteiger partial charge on any atom is 0.472 e. The van der Waals surface area contributed by atoms with Gasteiger partial charge in [0.05, 0.1) is 13.2 Å². The van der Waals surface area contributed by atoms with Gasteiger partial charge in [0.2, 0.25) is 5.91 Å². The summed E-state index contributed by atoms with van der Waals surface area (Å²) in [6.07, 6.45) is 65.6. The Morgan fingerprint density at radius 3 is 1.23 bits per heavy atom. The second-order valence-corrected chi connectivity index (χ2v) is 18.6. The van der Waals surface area contributed by atoms with Crippen molar-refractivity contribution in [2.45, 2.75) is 225 Å². The Kier molecular flexibility index (Phi) is 48.4. The summed E-state index contributed by atoms with van der Waals surface area (Å²) in [6, 6.07) is 0. The smallest absolute Gasteiger partial charge is 0.463 e. The number of hydrogen-bond acceptors (Lipinski definition) is 7. The molecule has 0 spiro atoms. The molecular formula is C55H96NO8P. The number of ether oxygens (including phenoxy) is 1. The van der Waals surface area contributed by atoms with Crippen LogP contribution in [0.3, 0.4) is 0 Å². The molecular weight excluding hydrogens is 834 g/mol. The van der Waals surface area contributed by atoms with Gasteiger partial charge in [0, 0.05) is 19.4 Å². The second kappa shape index (κ2) is 50.6. The van der Waals surface area contributed by atoms with E-state index in [0.717, 1.165) is 64.2 Å². The van der Waals surface area contributed by atoms with Crippen molar-refractivity contribution in [2.75, 3.05) is 26.4 Å². The van der Waals surface area contributed by atoms with Crippen LogP contribution in [0, 0.1) is 0 Å². The van der Waals surface area contributed by atoms with E-state index in [1.54, 1.807) is 6.08 Å². The highest BCUT2D eigenvalue weighted by Crippen LogP contribution is 2.42. The Balaban J connectivity index is 3.65. The van der Waals surface area contributed by atoms with Gasteiger partial charge in [-0.2, -0.15) is 0 Å². The van der Waals surface area contributed by atoms with E-state index >= 15 is 0 Å². The molecule has 10 heteroatoms. The van der Waals surface area contributed by atoms with Gasteiger partial charge in [-0.15, -0.1) is 0 Å². The zero-order valence-electron chi connectivity index (χ0n) is 41.4. The highest BCUT2D eigenvalue weighted by molar-refractivity contribution is 7.47. The number of nitrogens with one attached hydrogen (secondary N) is 1. The van der Waals surface area contributed by atoms with Crippen molar-refractivity contribution in [1.82, 2.24) is 5.32 Å². The molecule has 0 rings (SSSR count). The number of phosphoric ester groups is 1. The van der Waals surface area contributed by atoms with Crippen LogP contribution in [0.25, 0.3) is 0 Å². The molecule has 0 aliphatic heterocycles. The molecule has 0 bridgehead atoms. The molecule has 0 radical (unpaired) electrons. The lowest BCUT2D eigenvalue weighted by Gasteiger charge is -2.15. The molecule has 0 aromatic carbocycles. The first kappa shape index (κ1) is 62.2. The van der Waals surface area contributed by atoms with Gasteiger partial charge in [-0.25, -0.2) is 4.57 Å². The fraction of sp³-hybridized carbons (Fsp3) is 0.709. The van der Waals surface area contributed by atoms with Gasteiger partial charge in [-0.3, -0.25) is 18.6 Å². The van der Waals surface area contributed by atoms with Crippen molar-refractivity contribution in [2.24, 2.45) is 0 Å². The Hall–Kier alpha value is -2.81. The van der Waals surface area contributed by atoms with Crippen LogP contribution < -0.4 is 5.32 Å². The molecule has 0 aromatic heterocycles. The van der Waals surface area contributed by atoms with Crippen LogP contribution in [0.15, 0.2) is 85.1 Å². The Labute approximate surface area is 398 Å². The molecule has 0 saturated carbocycles. The van der Waals surface area contributed by atoms with Crippen LogP contribution in [0.5, 0.6) is 0 Å². The fourth-order valence-electron chi connectivity index (χ4n) is 6.99. The third-order valence-electron chi connectivity index (χ3n) is 10.9. The topological polar surface area (TPSA) is 131 Å². The zero-order valence-corrected chi connectivity index (χ0v) is 42.3. The lowest BCUT2D eigenvalue weighted by molar-refractivity contribution is -0.147. The molecule has 65 heavy (non-hydrogen) atoms. The first-order chi connectivity index (χ1) is 31.8. The highest BCUT2D eigenvalue weighted by Gasteiger charge is 2.23. The van der Waals surface area contributed by atoms with Crippen molar-refractivity contribution in [3.05, 3.63) is 85.1 Å². The second-order valence-electron chi connectivity index (χ2n) is 17.1. The average molecular weight is 930 g/mol. The first-order valence-corrected chi connectivity index (χ1v) is 27.6. The van der Waals surface area contributed by atoms with E-state index in [1.165, 1.54) is 128 Å². The van der Waals surface area contributed by atoms with E-state index in [0.29, 0.717) is 0 Å². The van der Waals surface area contributed by atoms with Crippen LogP contribution in [-0.2, 0) is 27.9 Å². The van der Waals surface area contributed by atoms with Crippen LogP contribution >= 0.6 is 7.82 Å². The molecule has 1 amide bonds. The summed E-state index contributed by atoms with van der Waals surface area (Å²) in [5.74, 6) is -0.648. The van der Waals surface area contributed by atoms with Crippen molar-refractivity contribution < 1.29 is 37.9 Å². The van der Waals surface area contributed by atoms with E-state index in [9.17, 15) is 24.2 Å². The van der Waals surface area contributed by atoms with Crippen molar-refractivity contribution in [3.8, 4) is 0 Å². The third-order valence-corrected chi connectivity index (χ3v) is 11.9. The lowest BCUT2D eigenvalue weighted by atomic mass is 10.0. The van der Waals surface area contributed by atoms with Crippen LogP contribution in [0.4, 0.5) is 0 Å².